The number of hydrogen-bond acceptors (Lipinski definition) is 3. The van der Waals surface area contributed by atoms with Gasteiger partial charge in [0.15, 0.2) is 5.78 Å². The maximum absolute atomic E-state index is 12.5. The summed E-state index contributed by atoms with van der Waals surface area (Å²) in [5.74, 6) is -0.723. The molecule has 2 aromatic carbocycles. The monoisotopic (exact) mass is 336 g/mol. The number of nitrogens with one attached hydrogen (secondary N) is 1. The summed E-state index contributed by atoms with van der Waals surface area (Å²) in [7, 11) is 0. The third-order valence-electron chi connectivity index (χ3n) is 4.35. The zero-order chi connectivity index (χ0) is 18.0. The lowest BCUT2D eigenvalue weighted by atomic mass is 10.1. The van der Waals surface area contributed by atoms with E-state index in [1.54, 1.807) is 29.2 Å². The number of rotatable bonds is 4. The van der Waals surface area contributed by atoms with Crippen molar-refractivity contribution in [1.82, 2.24) is 0 Å². The van der Waals surface area contributed by atoms with Crippen LogP contribution in [-0.4, -0.2) is 24.1 Å². The van der Waals surface area contributed by atoms with E-state index < -0.39 is 5.92 Å². The Labute approximate surface area is 146 Å². The van der Waals surface area contributed by atoms with Gasteiger partial charge in [-0.3, -0.25) is 14.4 Å². The zero-order valence-corrected chi connectivity index (χ0v) is 14.3. The molecule has 0 unspecified atom stereocenters. The van der Waals surface area contributed by atoms with Gasteiger partial charge >= 0.3 is 0 Å². The lowest BCUT2D eigenvalue weighted by molar-refractivity contribution is -0.122. The number of amides is 2. The molecule has 5 heteroatoms. The van der Waals surface area contributed by atoms with E-state index in [4.69, 9.17) is 0 Å². The molecule has 0 spiro atoms. The van der Waals surface area contributed by atoms with Crippen LogP contribution in [0.5, 0.6) is 0 Å². The second-order valence-electron chi connectivity index (χ2n) is 6.37. The van der Waals surface area contributed by atoms with Crippen LogP contribution in [0.15, 0.2) is 48.5 Å². The minimum atomic E-state index is -0.408. The first kappa shape index (κ1) is 16.9. The topological polar surface area (TPSA) is 66.5 Å². The Bertz CT molecular complexity index is 844. The Morgan fingerprint density at radius 2 is 1.88 bits per heavy atom. The molecule has 0 radical (unpaired) electrons. The molecule has 1 heterocycles. The summed E-state index contributed by atoms with van der Waals surface area (Å²) in [5, 5.41) is 2.81. The van der Waals surface area contributed by atoms with Gasteiger partial charge in [-0.25, -0.2) is 0 Å². The second-order valence-corrected chi connectivity index (χ2v) is 6.37. The average molecular weight is 336 g/mol. The number of hydrogen-bond donors (Lipinski definition) is 1. The molecule has 0 saturated carbocycles. The molecular formula is C20H20N2O3. The van der Waals surface area contributed by atoms with E-state index >= 15 is 0 Å². The molecule has 5 nitrogen and oxygen atoms in total. The predicted octanol–water partition coefficient (Wildman–Crippen LogP) is 3.19. The predicted molar refractivity (Wildman–Crippen MR) is 96.7 cm³/mol. The van der Waals surface area contributed by atoms with Gasteiger partial charge in [0.1, 0.15) is 0 Å². The molecule has 1 N–H and O–H groups in total. The molecule has 1 aliphatic heterocycles. The molecule has 1 atom stereocenters. The fourth-order valence-corrected chi connectivity index (χ4v) is 2.99. The maximum atomic E-state index is 12.5. The van der Waals surface area contributed by atoms with Crippen LogP contribution in [0.25, 0.3) is 0 Å². The fraction of sp³-hybridized carbons (Fsp3) is 0.250. The molecule has 0 bridgehead atoms. The smallest absolute Gasteiger partial charge is 0.229 e. The number of benzene rings is 2. The Balaban J connectivity index is 1.71. The quantitative estimate of drug-likeness (QED) is 0.872. The van der Waals surface area contributed by atoms with Crippen LogP contribution in [-0.2, 0) is 9.59 Å². The number of carbonyl (C=O) groups excluding carboxylic acids is 3. The number of ketones is 1. The van der Waals surface area contributed by atoms with Crippen LogP contribution in [0.3, 0.4) is 0 Å². The maximum Gasteiger partial charge on any atom is 0.229 e. The van der Waals surface area contributed by atoms with Gasteiger partial charge in [-0.1, -0.05) is 24.3 Å². The largest absolute Gasteiger partial charge is 0.326 e. The Hall–Kier alpha value is -2.95. The van der Waals surface area contributed by atoms with E-state index in [2.05, 4.69) is 5.32 Å². The third-order valence-corrected chi connectivity index (χ3v) is 4.35. The van der Waals surface area contributed by atoms with E-state index in [0.29, 0.717) is 17.8 Å². The lowest BCUT2D eigenvalue weighted by Gasteiger charge is -2.17. The van der Waals surface area contributed by atoms with Crippen molar-refractivity contribution in [2.24, 2.45) is 5.92 Å². The molecule has 2 amide bonds. The SMILES string of the molecule is CC(=O)c1cccc(NC(=O)[C@@H]2CC(=O)N(c3cccc(C)c3)C2)c1. The number of anilines is 2. The van der Waals surface area contributed by atoms with Gasteiger partial charge in [0.25, 0.3) is 0 Å². The van der Waals surface area contributed by atoms with Gasteiger partial charge in [-0.05, 0) is 43.7 Å². The summed E-state index contributed by atoms with van der Waals surface area (Å²) in [6.45, 7) is 3.81. The average Bonchev–Trinajstić information content (AvgIpc) is 2.97. The van der Waals surface area contributed by atoms with E-state index in [-0.39, 0.29) is 24.0 Å². The van der Waals surface area contributed by atoms with Crippen LogP contribution in [0.1, 0.15) is 29.3 Å². The molecule has 128 valence electrons. The molecule has 0 aromatic heterocycles. The second kappa shape index (κ2) is 6.89. The van der Waals surface area contributed by atoms with Crippen molar-refractivity contribution < 1.29 is 14.4 Å². The summed E-state index contributed by atoms with van der Waals surface area (Å²) < 4.78 is 0. The Kier molecular flexibility index (Phi) is 4.65. The molecule has 25 heavy (non-hydrogen) atoms. The van der Waals surface area contributed by atoms with E-state index in [0.717, 1.165) is 11.3 Å². The van der Waals surface area contributed by atoms with E-state index in [9.17, 15) is 14.4 Å². The van der Waals surface area contributed by atoms with Gasteiger partial charge in [0, 0.05) is 29.9 Å². The summed E-state index contributed by atoms with van der Waals surface area (Å²) in [4.78, 5) is 37.9. The van der Waals surface area contributed by atoms with Crippen LogP contribution in [0, 0.1) is 12.8 Å². The van der Waals surface area contributed by atoms with E-state index in [1.165, 1.54) is 6.92 Å². The van der Waals surface area contributed by atoms with Gasteiger partial charge in [0.05, 0.1) is 5.92 Å². The number of nitrogens with zero attached hydrogens (tertiary/aromatic N) is 1. The zero-order valence-electron chi connectivity index (χ0n) is 14.3. The highest BCUT2D eigenvalue weighted by Gasteiger charge is 2.35. The van der Waals surface area contributed by atoms with Crippen molar-refractivity contribution in [1.29, 1.82) is 0 Å². The molecule has 0 aliphatic carbocycles. The van der Waals surface area contributed by atoms with Gasteiger partial charge in [-0.15, -0.1) is 0 Å². The summed E-state index contributed by atoms with van der Waals surface area (Å²) in [5.41, 5.74) is 3.00. The molecule has 1 aliphatic rings. The first-order valence-electron chi connectivity index (χ1n) is 8.23. The van der Waals surface area contributed by atoms with Crippen LogP contribution >= 0.6 is 0 Å². The highest BCUT2D eigenvalue weighted by Crippen LogP contribution is 2.26. The standard InChI is InChI=1S/C20H20N2O3/c1-13-5-3-8-18(9-13)22-12-16(11-19(22)24)20(25)21-17-7-4-6-15(10-17)14(2)23/h3-10,16H,11-12H2,1-2H3,(H,21,25)/t16-/m1/s1. The van der Waals surface area contributed by atoms with Crippen LogP contribution in [0.4, 0.5) is 11.4 Å². The fourth-order valence-electron chi connectivity index (χ4n) is 2.99. The molecular weight excluding hydrogens is 316 g/mol. The molecule has 3 rings (SSSR count). The van der Waals surface area contributed by atoms with Gasteiger partial charge in [-0.2, -0.15) is 0 Å². The Morgan fingerprint density at radius 1 is 1.12 bits per heavy atom. The van der Waals surface area contributed by atoms with Crippen molar-refractivity contribution in [3.8, 4) is 0 Å². The normalized spacial score (nSPS) is 16.8. The molecule has 1 fully saturated rings. The first-order chi connectivity index (χ1) is 11.9. The minimum absolute atomic E-state index is 0.0526. The molecule has 1 saturated heterocycles. The number of Topliss-reactive ketones (excluding diaryl/α,β-unsaturated/α-hetero) is 1. The van der Waals surface area contributed by atoms with Crippen molar-refractivity contribution >= 4 is 29.0 Å². The van der Waals surface area contributed by atoms with Crippen molar-refractivity contribution in [2.75, 3.05) is 16.8 Å². The number of carbonyl (C=O) groups is 3. The van der Waals surface area contributed by atoms with Crippen LogP contribution < -0.4 is 10.2 Å². The summed E-state index contributed by atoms with van der Waals surface area (Å²) in [6.07, 6.45) is 0.187. The number of aryl methyl sites for hydroxylation is 1. The summed E-state index contributed by atoms with van der Waals surface area (Å²) in [6, 6.07) is 14.5. The van der Waals surface area contributed by atoms with Crippen molar-refractivity contribution in [2.45, 2.75) is 20.3 Å². The van der Waals surface area contributed by atoms with Crippen molar-refractivity contribution in [3.63, 3.8) is 0 Å². The van der Waals surface area contributed by atoms with Crippen LogP contribution in [0.2, 0.25) is 0 Å². The Morgan fingerprint density at radius 3 is 2.60 bits per heavy atom. The summed E-state index contributed by atoms with van der Waals surface area (Å²) >= 11 is 0. The first-order valence-corrected chi connectivity index (χ1v) is 8.23. The minimum Gasteiger partial charge on any atom is -0.326 e. The highest BCUT2D eigenvalue weighted by molar-refractivity contribution is 6.04. The highest BCUT2D eigenvalue weighted by atomic mass is 16.2. The van der Waals surface area contributed by atoms with Gasteiger partial charge < -0.3 is 10.2 Å². The molecule has 2 aromatic rings. The van der Waals surface area contributed by atoms with Gasteiger partial charge in [0.2, 0.25) is 11.8 Å². The van der Waals surface area contributed by atoms with Crippen molar-refractivity contribution in [3.05, 3.63) is 59.7 Å². The third kappa shape index (κ3) is 3.76. The van der Waals surface area contributed by atoms with E-state index in [1.807, 2.05) is 31.2 Å². The lowest BCUT2D eigenvalue weighted by Crippen LogP contribution is -2.28.